The molecule has 2 unspecified atom stereocenters. The van der Waals surface area contributed by atoms with Gasteiger partial charge in [0, 0.05) is 12.6 Å². The Morgan fingerprint density at radius 1 is 1.32 bits per heavy atom. The van der Waals surface area contributed by atoms with Crippen molar-refractivity contribution in [2.45, 2.75) is 64.8 Å². The maximum Gasteiger partial charge on any atom is 0.260 e. The van der Waals surface area contributed by atoms with Gasteiger partial charge >= 0.3 is 0 Å². The molecule has 0 radical (unpaired) electrons. The fourth-order valence-corrected chi connectivity index (χ4v) is 3.21. The lowest BCUT2D eigenvalue weighted by atomic mass is 9.98. The summed E-state index contributed by atoms with van der Waals surface area (Å²) in [6, 6.07) is 8.48. The van der Waals surface area contributed by atoms with E-state index < -0.39 is 0 Å². The van der Waals surface area contributed by atoms with Crippen LogP contribution >= 0.6 is 0 Å². The number of nitrogens with zero attached hydrogens (tertiary/aromatic N) is 1. The first kappa shape index (κ1) is 16.9. The van der Waals surface area contributed by atoms with E-state index in [9.17, 15) is 4.79 Å². The zero-order chi connectivity index (χ0) is 15.9. The summed E-state index contributed by atoms with van der Waals surface area (Å²) >= 11 is 0. The molecule has 2 atom stereocenters. The number of amides is 1. The predicted molar refractivity (Wildman–Crippen MR) is 90.3 cm³/mol. The van der Waals surface area contributed by atoms with Crippen LogP contribution in [0.15, 0.2) is 24.3 Å². The average Bonchev–Trinajstić information content (AvgIpc) is 2.59. The number of piperidine rings is 1. The van der Waals surface area contributed by atoms with Crippen molar-refractivity contribution in [1.82, 2.24) is 4.90 Å². The van der Waals surface area contributed by atoms with E-state index in [0.717, 1.165) is 38.0 Å². The van der Waals surface area contributed by atoms with Crippen LogP contribution in [-0.2, 0) is 4.79 Å². The molecule has 1 aliphatic rings. The Morgan fingerprint density at radius 2 is 2.09 bits per heavy atom. The second kappa shape index (κ2) is 8.21. The summed E-state index contributed by atoms with van der Waals surface area (Å²) in [5, 5.41) is 0. The van der Waals surface area contributed by atoms with Crippen molar-refractivity contribution < 1.29 is 9.53 Å². The minimum Gasteiger partial charge on any atom is -0.483 e. The van der Waals surface area contributed by atoms with Gasteiger partial charge in [0.15, 0.2) is 6.61 Å². The number of rotatable bonds is 6. The van der Waals surface area contributed by atoms with Crippen LogP contribution in [-0.4, -0.2) is 30.0 Å². The van der Waals surface area contributed by atoms with E-state index in [2.05, 4.69) is 26.8 Å². The highest BCUT2D eigenvalue weighted by Gasteiger charge is 2.25. The van der Waals surface area contributed by atoms with Gasteiger partial charge in [-0.2, -0.15) is 0 Å². The van der Waals surface area contributed by atoms with E-state index in [4.69, 9.17) is 4.74 Å². The van der Waals surface area contributed by atoms with Crippen LogP contribution < -0.4 is 4.74 Å². The first-order valence-corrected chi connectivity index (χ1v) is 8.68. The van der Waals surface area contributed by atoms with Crippen molar-refractivity contribution in [3.05, 3.63) is 29.8 Å². The molecular weight excluding hydrogens is 274 g/mol. The fourth-order valence-electron chi connectivity index (χ4n) is 3.21. The highest BCUT2D eigenvalue weighted by molar-refractivity contribution is 5.78. The van der Waals surface area contributed by atoms with Crippen LogP contribution in [0, 0.1) is 0 Å². The Bertz CT molecular complexity index is 486. The van der Waals surface area contributed by atoms with E-state index in [-0.39, 0.29) is 12.5 Å². The Balaban J connectivity index is 1.99. The zero-order valence-electron chi connectivity index (χ0n) is 14.2. The van der Waals surface area contributed by atoms with Crippen LogP contribution in [0.2, 0.25) is 0 Å². The maximum atomic E-state index is 12.5. The average molecular weight is 303 g/mol. The Hall–Kier alpha value is -1.51. The maximum absolute atomic E-state index is 12.5. The third-order valence-electron chi connectivity index (χ3n) is 4.83. The summed E-state index contributed by atoms with van der Waals surface area (Å²) in [5.74, 6) is 1.44. The molecule has 0 bridgehead atoms. The van der Waals surface area contributed by atoms with Crippen molar-refractivity contribution in [3.63, 3.8) is 0 Å². The third kappa shape index (κ3) is 4.02. The minimum atomic E-state index is 0.130. The second-order valence-electron chi connectivity index (χ2n) is 6.28. The molecule has 0 saturated carbocycles. The highest BCUT2D eigenvalue weighted by Crippen LogP contribution is 2.28. The van der Waals surface area contributed by atoms with E-state index >= 15 is 0 Å². The van der Waals surface area contributed by atoms with Crippen LogP contribution in [0.1, 0.15) is 64.4 Å². The van der Waals surface area contributed by atoms with Crippen molar-refractivity contribution in [2.24, 2.45) is 0 Å². The van der Waals surface area contributed by atoms with E-state index in [1.807, 2.05) is 23.1 Å². The number of benzene rings is 1. The first-order chi connectivity index (χ1) is 10.7. The summed E-state index contributed by atoms with van der Waals surface area (Å²) in [7, 11) is 0. The Morgan fingerprint density at radius 3 is 2.82 bits per heavy atom. The number of para-hydroxylation sites is 1. The quantitative estimate of drug-likeness (QED) is 0.781. The molecule has 0 aromatic heterocycles. The Kier molecular flexibility index (Phi) is 6.29. The van der Waals surface area contributed by atoms with Crippen LogP contribution in [0.25, 0.3) is 0 Å². The molecule has 1 amide bonds. The first-order valence-electron chi connectivity index (χ1n) is 8.68. The van der Waals surface area contributed by atoms with E-state index in [1.165, 1.54) is 12.0 Å². The lowest BCUT2D eigenvalue weighted by molar-refractivity contribution is -0.137. The number of hydrogen-bond donors (Lipinski definition) is 0. The van der Waals surface area contributed by atoms with Gasteiger partial charge in [-0.15, -0.1) is 0 Å². The van der Waals surface area contributed by atoms with E-state index in [0.29, 0.717) is 12.0 Å². The summed E-state index contributed by atoms with van der Waals surface area (Å²) < 4.78 is 5.88. The molecule has 1 saturated heterocycles. The molecule has 3 nitrogen and oxygen atoms in total. The number of carbonyl (C=O) groups is 1. The number of hydrogen-bond acceptors (Lipinski definition) is 2. The van der Waals surface area contributed by atoms with Crippen LogP contribution in [0.3, 0.4) is 0 Å². The molecule has 1 fully saturated rings. The Labute approximate surface area is 134 Å². The lowest BCUT2D eigenvalue weighted by Crippen LogP contribution is -2.45. The van der Waals surface area contributed by atoms with Crippen LogP contribution in [0.4, 0.5) is 0 Å². The molecule has 2 rings (SSSR count). The normalized spacial score (nSPS) is 19.8. The summed E-state index contributed by atoms with van der Waals surface area (Å²) in [5.41, 5.74) is 1.20. The zero-order valence-corrected chi connectivity index (χ0v) is 14.2. The van der Waals surface area contributed by atoms with Crippen molar-refractivity contribution in [2.75, 3.05) is 13.2 Å². The lowest BCUT2D eigenvalue weighted by Gasteiger charge is -2.35. The fraction of sp³-hybridized carbons (Fsp3) is 0.632. The van der Waals surface area contributed by atoms with Crippen molar-refractivity contribution >= 4 is 5.91 Å². The molecule has 1 aromatic rings. The molecule has 0 aliphatic carbocycles. The second-order valence-corrected chi connectivity index (χ2v) is 6.28. The van der Waals surface area contributed by atoms with Gasteiger partial charge in [-0.3, -0.25) is 4.79 Å². The minimum absolute atomic E-state index is 0.130. The SMILES string of the molecule is CCC(C)c1ccccc1OCC(=O)N1CCCCC1CC. The monoisotopic (exact) mass is 303 g/mol. The molecule has 22 heavy (non-hydrogen) atoms. The standard InChI is InChI=1S/C19H29NO2/c1-4-15(3)17-11-6-7-12-18(17)22-14-19(21)20-13-9-8-10-16(20)5-2/h6-7,11-12,15-16H,4-5,8-10,13-14H2,1-3H3. The summed E-state index contributed by atoms with van der Waals surface area (Å²) in [6.45, 7) is 7.57. The topological polar surface area (TPSA) is 29.5 Å². The summed E-state index contributed by atoms with van der Waals surface area (Å²) in [4.78, 5) is 14.5. The molecule has 3 heteroatoms. The van der Waals surface area contributed by atoms with Gasteiger partial charge in [-0.1, -0.05) is 39.0 Å². The smallest absolute Gasteiger partial charge is 0.260 e. The number of likely N-dealkylation sites (tertiary alicyclic amines) is 1. The van der Waals surface area contributed by atoms with Gasteiger partial charge in [0.2, 0.25) is 0 Å². The molecule has 0 spiro atoms. The van der Waals surface area contributed by atoms with Crippen molar-refractivity contribution in [1.29, 1.82) is 0 Å². The number of ether oxygens (including phenoxy) is 1. The largest absolute Gasteiger partial charge is 0.483 e. The van der Waals surface area contributed by atoms with E-state index in [1.54, 1.807) is 0 Å². The molecule has 1 aromatic carbocycles. The van der Waals surface area contributed by atoms with Gasteiger partial charge < -0.3 is 9.64 Å². The highest BCUT2D eigenvalue weighted by atomic mass is 16.5. The molecule has 122 valence electrons. The van der Waals surface area contributed by atoms with Gasteiger partial charge in [0.1, 0.15) is 5.75 Å². The van der Waals surface area contributed by atoms with Gasteiger partial charge in [-0.25, -0.2) is 0 Å². The van der Waals surface area contributed by atoms with Crippen LogP contribution in [0.5, 0.6) is 5.75 Å². The molecular formula is C19H29NO2. The molecule has 0 N–H and O–H groups in total. The summed E-state index contributed by atoms with van der Waals surface area (Å²) in [6.07, 6.45) is 5.59. The van der Waals surface area contributed by atoms with Gasteiger partial charge in [0.25, 0.3) is 5.91 Å². The number of carbonyl (C=O) groups excluding carboxylic acids is 1. The van der Waals surface area contributed by atoms with Gasteiger partial charge in [0.05, 0.1) is 0 Å². The molecule has 1 heterocycles. The van der Waals surface area contributed by atoms with Crippen molar-refractivity contribution in [3.8, 4) is 5.75 Å². The molecule has 1 aliphatic heterocycles. The third-order valence-corrected chi connectivity index (χ3v) is 4.83. The predicted octanol–water partition coefficient (Wildman–Crippen LogP) is 4.37. The van der Waals surface area contributed by atoms with Gasteiger partial charge in [-0.05, 0) is 49.7 Å².